The highest BCUT2D eigenvalue weighted by Crippen LogP contribution is 2.26. The van der Waals surface area contributed by atoms with E-state index >= 15 is 0 Å². The SMILES string of the molecule is CCN(CC)C(=O)CN1CCCN(C(=O)CCc2cccc(Cl)c2Cl)CC1. The third-order valence-electron chi connectivity index (χ3n) is 5.06. The van der Waals surface area contributed by atoms with Crippen LogP contribution in [0.15, 0.2) is 18.2 Å². The van der Waals surface area contributed by atoms with Gasteiger partial charge in [0, 0.05) is 45.7 Å². The molecular weight excluding hydrogens is 385 g/mol. The number of benzene rings is 1. The predicted octanol–water partition coefficient (Wildman–Crippen LogP) is 3.33. The molecule has 150 valence electrons. The first-order valence-electron chi connectivity index (χ1n) is 9.67. The fourth-order valence-corrected chi connectivity index (χ4v) is 3.80. The number of nitrogens with zero attached hydrogens (tertiary/aromatic N) is 3. The maximum absolute atomic E-state index is 12.6. The molecule has 0 unspecified atom stereocenters. The van der Waals surface area contributed by atoms with E-state index < -0.39 is 0 Å². The highest BCUT2D eigenvalue weighted by molar-refractivity contribution is 6.42. The third-order valence-corrected chi connectivity index (χ3v) is 5.91. The lowest BCUT2D eigenvalue weighted by Crippen LogP contribution is -2.42. The van der Waals surface area contributed by atoms with Crippen molar-refractivity contribution in [1.29, 1.82) is 0 Å². The Kier molecular flexibility index (Phi) is 8.87. The van der Waals surface area contributed by atoms with Crippen molar-refractivity contribution >= 4 is 35.0 Å². The van der Waals surface area contributed by atoms with Crippen LogP contribution >= 0.6 is 23.2 Å². The zero-order valence-electron chi connectivity index (χ0n) is 16.2. The molecule has 0 aliphatic carbocycles. The van der Waals surface area contributed by atoms with Crippen molar-refractivity contribution in [2.75, 3.05) is 45.8 Å². The number of likely N-dealkylation sites (N-methyl/N-ethyl adjacent to an activating group) is 1. The lowest BCUT2D eigenvalue weighted by atomic mass is 10.1. The third kappa shape index (κ3) is 6.37. The van der Waals surface area contributed by atoms with Crippen molar-refractivity contribution in [2.45, 2.75) is 33.1 Å². The van der Waals surface area contributed by atoms with Crippen LogP contribution in [0.3, 0.4) is 0 Å². The second-order valence-corrected chi connectivity index (χ2v) is 7.57. The number of hydrogen-bond donors (Lipinski definition) is 0. The lowest BCUT2D eigenvalue weighted by Gasteiger charge is -2.25. The fraction of sp³-hybridized carbons (Fsp3) is 0.600. The minimum absolute atomic E-state index is 0.128. The van der Waals surface area contributed by atoms with E-state index in [4.69, 9.17) is 23.2 Å². The van der Waals surface area contributed by atoms with E-state index in [1.165, 1.54) is 0 Å². The van der Waals surface area contributed by atoms with Crippen LogP contribution in [0.1, 0.15) is 32.3 Å². The largest absolute Gasteiger partial charge is 0.342 e. The Morgan fingerprint density at radius 3 is 2.52 bits per heavy atom. The number of carbonyl (C=O) groups is 2. The van der Waals surface area contributed by atoms with E-state index in [1.54, 1.807) is 6.07 Å². The Bertz CT molecular complexity index is 650. The van der Waals surface area contributed by atoms with Gasteiger partial charge in [-0.25, -0.2) is 0 Å². The maximum atomic E-state index is 12.6. The molecule has 1 saturated heterocycles. The van der Waals surface area contributed by atoms with E-state index in [0.717, 1.165) is 44.7 Å². The van der Waals surface area contributed by atoms with Gasteiger partial charge in [0.05, 0.1) is 16.6 Å². The quantitative estimate of drug-likeness (QED) is 0.688. The summed E-state index contributed by atoms with van der Waals surface area (Å²) in [5.41, 5.74) is 0.902. The summed E-state index contributed by atoms with van der Waals surface area (Å²) in [6.07, 6.45) is 1.88. The molecule has 7 heteroatoms. The summed E-state index contributed by atoms with van der Waals surface area (Å²) in [6, 6.07) is 5.51. The summed E-state index contributed by atoms with van der Waals surface area (Å²) < 4.78 is 0. The van der Waals surface area contributed by atoms with Crippen LogP contribution in [0.4, 0.5) is 0 Å². The van der Waals surface area contributed by atoms with E-state index in [9.17, 15) is 9.59 Å². The number of rotatable bonds is 7. The van der Waals surface area contributed by atoms with Crippen LogP contribution in [0, 0.1) is 0 Å². The van der Waals surface area contributed by atoms with Crippen LogP contribution in [-0.4, -0.2) is 72.3 Å². The molecule has 0 radical (unpaired) electrons. The van der Waals surface area contributed by atoms with Gasteiger partial charge in [0.2, 0.25) is 11.8 Å². The van der Waals surface area contributed by atoms with Crippen LogP contribution in [0.25, 0.3) is 0 Å². The average molecular weight is 414 g/mol. The van der Waals surface area contributed by atoms with Crippen molar-refractivity contribution in [3.63, 3.8) is 0 Å². The minimum Gasteiger partial charge on any atom is -0.342 e. The maximum Gasteiger partial charge on any atom is 0.236 e. The molecule has 27 heavy (non-hydrogen) atoms. The first-order valence-corrected chi connectivity index (χ1v) is 10.4. The predicted molar refractivity (Wildman–Crippen MR) is 110 cm³/mol. The monoisotopic (exact) mass is 413 g/mol. The van der Waals surface area contributed by atoms with Gasteiger partial charge in [-0.3, -0.25) is 14.5 Å². The van der Waals surface area contributed by atoms with Crippen LogP contribution in [0.2, 0.25) is 10.0 Å². The summed E-state index contributed by atoms with van der Waals surface area (Å²) >= 11 is 12.2. The summed E-state index contributed by atoms with van der Waals surface area (Å²) in [5, 5.41) is 1.05. The molecule has 1 fully saturated rings. The molecule has 2 rings (SSSR count). The number of carbonyl (C=O) groups excluding carboxylic acids is 2. The van der Waals surface area contributed by atoms with Gasteiger partial charge >= 0.3 is 0 Å². The lowest BCUT2D eigenvalue weighted by molar-refractivity contribution is -0.132. The Hall–Kier alpha value is -1.30. The fourth-order valence-electron chi connectivity index (χ4n) is 3.39. The molecule has 0 aromatic heterocycles. The number of amides is 2. The summed E-state index contributed by atoms with van der Waals surface area (Å²) in [4.78, 5) is 30.8. The molecular formula is C20H29Cl2N3O2. The zero-order valence-corrected chi connectivity index (χ0v) is 17.7. The van der Waals surface area contributed by atoms with Crippen LogP contribution < -0.4 is 0 Å². The summed E-state index contributed by atoms with van der Waals surface area (Å²) in [7, 11) is 0. The highest BCUT2D eigenvalue weighted by atomic mass is 35.5. The summed E-state index contributed by atoms with van der Waals surface area (Å²) in [5.74, 6) is 0.290. The standard InChI is InChI=1S/C20H29Cl2N3O2/c1-3-24(4-2)19(27)15-23-11-6-12-25(14-13-23)18(26)10-9-16-7-5-8-17(21)20(16)22/h5,7-8H,3-4,6,9-15H2,1-2H3. The number of halogens is 2. The minimum atomic E-state index is 0.128. The topological polar surface area (TPSA) is 43.9 Å². The molecule has 2 amide bonds. The van der Waals surface area contributed by atoms with E-state index in [1.807, 2.05) is 35.8 Å². The van der Waals surface area contributed by atoms with Crippen LogP contribution in [0.5, 0.6) is 0 Å². The van der Waals surface area contributed by atoms with Crippen molar-refractivity contribution in [3.8, 4) is 0 Å². The van der Waals surface area contributed by atoms with Gasteiger partial charge in [0.1, 0.15) is 0 Å². The van der Waals surface area contributed by atoms with Gasteiger partial charge in [-0.05, 0) is 38.3 Å². The van der Waals surface area contributed by atoms with Gasteiger partial charge in [0.25, 0.3) is 0 Å². The number of hydrogen-bond acceptors (Lipinski definition) is 3. The normalized spacial score (nSPS) is 15.5. The van der Waals surface area contributed by atoms with Gasteiger partial charge in [0.15, 0.2) is 0 Å². The van der Waals surface area contributed by atoms with Gasteiger partial charge in [-0.2, -0.15) is 0 Å². The van der Waals surface area contributed by atoms with Gasteiger partial charge in [-0.15, -0.1) is 0 Å². The van der Waals surface area contributed by atoms with Gasteiger partial charge in [-0.1, -0.05) is 35.3 Å². The molecule has 5 nitrogen and oxygen atoms in total. The van der Waals surface area contributed by atoms with E-state index in [0.29, 0.717) is 36.0 Å². The molecule has 1 aliphatic rings. The molecule has 0 N–H and O–H groups in total. The molecule has 0 spiro atoms. The van der Waals surface area contributed by atoms with E-state index in [-0.39, 0.29) is 11.8 Å². The second-order valence-electron chi connectivity index (χ2n) is 6.79. The first-order chi connectivity index (χ1) is 13.0. The molecule has 0 atom stereocenters. The average Bonchev–Trinajstić information content (AvgIpc) is 2.89. The molecule has 0 bridgehead atoms. The van der Waals surface area contributed by atoms with Crippen molar-refractivity contribution < 1.29 is 9.59 Å². The Morgan fingerprint density at radius 1 is 1.07 bits per heavy atom. The van der Waals surface area contributed by atoms with Crippen LogP contribution in [-0.2, 0) is 16.0 Å². The number of aryl methyl sites for hydroxylation is 1. The Morgan fingerprint density at radius 2 is 1.81 bits per heavy atom. The smallest absolute Gasteiger partial charge is 0.236 e. The second kappa shape index (κ2) is 10.9. The van der Waals surface area contributed by atoms with Crippen molar-refractivity contribution in [3.05, 3.63) is 33.8 Å². The Balaban J connectivity index is 1.83. The molecule has 1 heterocycles. The zero-order chi connectivity index (χ0) is 19.8. The van der Waals surface area contributed by atoms with E-state index in [2.05, 4.69) is 4.90 Å². The first kappa shape index (κ1) is 22.0. The Labute approximate surface area is 172 Å². The van der Waals surface area contributed by atoms with Crippen molar-refractivity contribution in [1.82, 2.24) is 14.7 Å². The van der Waals surface area contributed by atoms with Gasteiger partial charge < -0.3 is 9.80 Å². The molecule has 1 aromatic rings. The molecule has 1 aliphatic heterocycles. The molecule has 1 aromatic carbocycles. The summed E-state index contributed by atoms with van der Waals surface area (Å²) in [6.45, 7) is 8.87. The molecule has 0 saturated carbocycles. The van der Waals surface area contributed by atoms with Crippen molar-refractivity contribution in [2.24, 2.45) is 0 Å². The highest BCUT2D eigenvalue weighted by Gasteiger charge is 2.21.